The molecule has 0 heterocycles. The molecule has 0 aliphatic rings. The fourth-order valence-corrected chi connectivity index (χ4v) is 6.15. The topological polar surface area (TPSA) is 69.9 Å². The standard InChI is InChI=1S/C48H74O4/c1-35(2)19-12-20-36(3)21-13-22-37(4)23-14-24-38(5)25-15-26-39(6)27-16-28-40(7)29-17-30-41(8)31-18-32-42(9)33-34-44-43(10)45(49)47(51)48(52-11)46(44)50/h19,21,23,25,27,29,31,33,49-51H,12-18,20,22,24,26,28,30,32,34H2,1-11H3/b36-21+,37-23+,38-25+,39-27+,40-29+,41-31+,42-33+. The normalized spacial score (nSPS) is 13.9. The largest absolute Gasteiger partial charge is 0.504 e. The van der Waals surface area contributed by atoms with Crippen LogP contribution >= 0.6 is 0 Å². The molecule has 1 rings (SSSR count). The van der Waals surface area contributed by atoms with Crippen LogP contribution in [0.25, 0.3) is 0 Å². The van der Waals surface area contributed by atoms with Crippen LogP contribution in [-0.2, 0) is 6.42 Å². The van der Waals surface area contributed by atoms with Gasteiger partial charge in [0.15, 0.2) is 11.5 Å². The molecular weight excluding hydrogens is 641 g/mol. The van der Waals surface area contributed by atoms with Crippen molar-refractivity contribution in [2.45, 2.75) is 166 Å². The molecule has 4 heteroatoms. The molecule has 0 fully saturated rings. The minimum Gasteiger partial charge on any atom is -0.504 e. The van der Waals surface area contributed by atoms with E-state index in [0.29, 0.717) is 17.5 Å². The minimum absolute atomic E-state index is 0.0897. The van der Waals surface area contributed by atoms with Crippen LogP contribution in [0.15, 0.2) is 93.2 Å². The van der Waals surface area contributed by atoms with Crippen molar-refractivity contribution in [1.82, 2.24) is 0 Å². The summed E-state index contributed by atoms with van der Waals surface area (Å²) in [6.07, 6.45) is 34.8. The second-order valence-electron chi connectivity index (χ2n) is 15.3. The number of rotatable bonds is 24. The first-order valence-electron chi connectivity index (χ1n) is 19.7. The predicted octanol–water partition coefficient (Wildman–Crippen LogP) is 14.7. The predicted molar refractivity (Wildman–Crippen MR) is 227 cm³/mol. The lowest BCUT2D eigenvalue weighted by Crippen LogP contribution is -1.95. The Morgan fingerprint density at radius 2 is 0.712 bits per heavy atom. The van der Waals surface area contributed by atoms with Gasteiger partial charge in [0.2, 0.25) is 11.5 Å². The highest BCUT2D eigenvalue weighted by Crippen LogP contribution is 2.47. The monoisotopic (exact) mass is 715 g/mol. The molecule has 290 valence electrons. The van der Waals surface area contributed by atoms with Crippen LogP contribution < -0.4 is 4.74 Å². The smallest absolute Gasteiger partial charge is 0.207 e. The van der Waals surface area contributed by atoms with E-state index in [1.807, 2.05) is 0 Å². The van der Waals surface area contributed by atoms with E-state index in [9.17, 15) is 15.3 Å². The van der Waals surface area contributed by atoms with Gasteiger partial charge in [0.05, 0.1) is 7.11 Å². The molecule has 0 spiro atoms. The van der Waals surface area contributed by atoms with E-state index in [2.05, 4.69) is 111 Å². The second kappa shape index (κ2) is 26.2. The van der Waals surface area contributed by atoms with Gasteiger partial charge < -0.3 is 20.1 Å². The zero-order chi connectivity index (χ0) is 39.1. The first-order valence-corrected chi connectivity index (χ1v) is 19.7. The number of hydrogen-bond acceptors (Lipinski definition) is 4. The van der Waals surface area contributed by atoms with Crippen LogP contribution in [0, 0.1) is 6.92 Å². The van der Waals surface area contributed by atoms with Crippen LogP contribution in [0.4, 0.5) is 0 Å². The van der Waals surface area contributed by atoms with E-state index in [-0.39, 0.29) is 17.2 Å². The average Bonchev–Trinajstić information content (AvgIpc) is 3.07. The summed E-state index contributed by atoms with van der Waals surface area (Å²) in [6, 6.07) is 0. The fraction of sp³-hybridized carbons (Fsp3) is 0.542. The molecule has 0 atom stereocenters. The molecule has 1 aromatic rings. The van der Waals surface area contributed by atoms with E-state index in [4.69, 9.17) is 4.74 Å². The Morgan fingerprint density at radius 1 is 0.423 bits per heavy atom. The van der Waals surface area contributed by atoms with Gasteiger partial charge in [-0.15, -0.1) is 0 Å². The lowest BCUT2D eigenvalue weighted by molar-refractivity contribution is 0.326. The summed E-state index contributed by atoms with van der Waals surface area (Å²) >= 11 is 0. The van der Waals surface area contributed by atoms with Crippen molar-refractivity contribution in [3.05, 3.63) is 104 Å². The number of allylic oxidation sites excluding steroid dienone is 16. The van der Waals surface area contributed by atoms with E-state index in [1.54, 1.807) is 6.92 Å². The summed E-state index contributed by atoms with van der Waals surface area (Å²) in [5, 5.41) is 30.7. The summed E-state index contributed by atoms with van der Waals surface area (Å²) in [5.41, 5.74) is 12.6. The molecular formula is C48H74O4. The van der Waals surface area contributed by atoms with Crippen molar-refractivity contribution in [2.75, 3.05) is 7.11 Å². The molecule has 0 saturated heterocycles. The van der Waals surface area contributed by atoms with Gasteiger partial charge in [0, 0.05) is 11.1 Å². The number of benzene rings is 1. The van der Waals surface area contributed by atoms with Crippen molar-refractivity contribution in [3.8, 4) is 23.0 Å². The maximum atomic E-state index is 10.5. The molecule has 0 amide bonds. The first-order chi connectivity index (χ1) is 24.7. The molecule has 0 radical (unpaired) electrons. The molecule has 1 aromatic carbocycles. The third-order valence-electron chi connectivity index (χ3n) is 9.89. The Morgan fingerprint density at radius 3 is 1.00 bits per heavy atom. The van der Waals surface area contributed by atoms with Crippen LogP contribution in [0.2, 0.25) is 0 Å². The van der Waals surface area contributed by atoms with E-state index >= 15 is 0 Å². The Hall–Kier alpha value is -3.66. The SMILES string of the molecule is COc1c(O)c(O)c(C)c(C/C=C(\C)CC/C=C(\C)CC/C=C(\C)CC/C=C(\C)CC/C=C(\C)CC/C=C(\C)CC/C=C(\C)CCC=C(C)C)c1O. The van der Waals surface area contributed by atoms with Crippen LogP contribution in [0.3, 0.4) is 0 Å². The summed E-state index contributed by atoms with van der Waals surface area (Å²) in [6.45, 7) is 21.7. The van der Waals surface area contributed by atoms with Gasteiger partial charge in [-0.1, -0.05) is 93.2 Å². The van der Waals surface area contributed by atoms with Crippen LogP contribution in [0.5, 0.6) is 23.0 Å². The third-order valence-corrected chi connectivity index (χ3v) is 9.89. The molecule has 4 nitrogen and oxygen atoms in total. The molecule has 0 aliphatic carbocycles. The highest BCUT2D eigenvalue weighted by molar-refractivity contribution is 5.65. The highest BCUT2D eigenvalue weighted by Gasteiger charge is 2.21. The summed E-state index contributed by atoms with van der Waals surface area (Å²) < 4.78 is 5.08. The molecule has 0 aliphatic heterocycles. The Labute approximate surface area is 319 Å². The van der Waals surface area contributed by atoms with Crippen molar-refractivity contribution < 1.29 is 20.1 Å². The van der Waals surface area contributed by atoms with Gasteiger partial charge >= 0.3 is 0 Å². The van der Waals surface area contributed by atoms with E-state index in [0.717, 1.165) is 77.0 Å². The van der Waals surface area contributed by atoms with Crippen molar-refractivity contribution >= 4 is 0 Å². The van der Waals surface area contributed by atoms with Crippen molar-refractivity contribution in [3.63, 3.8) is 0 Å². The van der Waals surface area contributed by atoms with Gasteiger partial charge in [0.1, 0.15) is 0 Å². The lowest BCUT2D eigenvalue weighted by Gasteiger charge is -2.15. The summed E-state index contributed by atoms with van der Waals surface area (Å²) in [5.74, 6) is -0.888. The average molecular weight is 715 g/mol. The van der Waals surface area contributed by atoms with Crippen LogP contribution in [-0.4, -0.2) is 22.4 Å². The number of ether oxygens (including phenoxy) is 1. The highest BCUT2D eigenvalue weighted by atomic mass is 16.5. The molecule has 0 saturated carbocycles. The van der Waals surface area contributed by atoms with Gasteiger partial charge in [0.25, 0.3) is 0 Å². The van der Waals surface area contributed by atoms with Gasteiger partial charge in [-0.2, -0.15) is 0 Å². The number of aromatic hydroxyl groups is 3. The third kappa shape index (κ3) is 19.8. The minimum atomic E-state index is -0.426. The van der Waals surface area contributed by atoms with E-state index < -0.39 is 5.75 Å². The van der Waals surface area contributed by atoms with Crippen LogP contribution in [0.1, 0.15) is 163 Å². The van der Waals surface area contributed by atoms with Gasteiger partial charge in [-0.25, -0.2) is 0 Å². The van der Waals surface area contributed by atoms with Gasteiger partial charge in [-0.05, 0) is 166 Å². The quantitative estimate of drug-likeness (QED) is 0.0566. The zero-order valence-corrected chi connectivity index (χ0v) is 35.0. The summed E-state index contributed by atoms with van der Waals surface area (Å²) in [7, 11) is 1.36. The maximum absolute atomic E-state index is 10.5. The summed E-state index contributed by atoms with van der Waals surface area (Å²) in [4.78, 5) is 0. The number of phenols is 3. The molecule has 52 heavy (non-hydrogen) atoms. The van der Waals surface area contributed by atoms with Gasteiger partial charge in [-0.3, -0.25) is 0 Å². The number of methoxy groups -OCH3 is 1. The number of hydrogen-bond donors (Lipinski definition) is 3. The fourth-order valence-electron chi connectivity index (χ4n) is 6.15. The molecule has 3 N–H and O–H groups in total. The Bertz CT molecular complexity index is 1500. The second-order valence-corrected chi connectivity index (χ2v) is 15.3. The van der Waals surface area contributed by atoms with Crippen molar-refractivity contribution in [2.24, 2.45) is 0 Å². The molecule has 0 bridgehead atoms. The Balaban J connectivity index is 2.34. The molecule has 0 aromatic heterocycles. The Kier molecular flexibility index (Phi) is 23.3. The number of phenolic OH excluding ortho intramolecular Hbond substituents is 3. The van der Waals surface area contributed by atoms with E-state index in [1.165, 1.54) is 64.5 Å². The lowest BCUT2D eigenvalue weighted by atomic mass is 9.99. The first kappa shape index (κ1) is 46.4. The zero-order valence-electron chi connectivity index (χ0n) is 35.0. The van der Waals surface area contributed by atoms with Crippen molar-refractivity contribution in [1.29, 1.82) is 0 Å². The maximum Gasteiger partial charge on any atom is 0.207 e. The molecule has 0 unspecified atom stereocenters.